The van der Waals surface area contributed by atoms with E-state index in [9.17, 15) is 31.1 Å². The highest BCUT2D eigenvalue weighted by atomic mass is 19.4. The van der Waals surface area contributed by atoms with Crippen molar-refractivity contribution in [2.24, 2.45) is 5.92 Å². The summed E-state index contributed by atoms with van der Waals surface area (Å²) < 4.78 is 74.7. The van der Waals surface area contributed by atoms with Gasteiger partial charge in [0.15, 0.2) is 0 Å². The van der Waals surface area contributed by atoms with E-state index in [2.05, 4.69) is 5.32 Å². The molecule has 1 rings (SSSR count). The number of halogens is 6. The van der Waals surface area contributed by atoms with Crippen LogP contribution in [0.15, 0.2) is 0 Å². The van der Waals surface area contributed by atoms with Crippen molar-refractivity contribution in [2.75, 3.05) is 19.6 Å². The van der Waals surface area contributed by atoms with E-state index in [1.807, 2.05) is 0 Å². The van der Waals surface area contributed by atoms with E-state index in [0.29, 0.717) is 11.3 Å². The minimum atomic E-state index is -4.52. The molecule has 0 spiro atoms. The predicted molar refractivity (Wildman–Crippen MR) is 63.5 cm³/mol. The standard InChI is InChI=1S/C12H18F6N2O/c1-2-5-20(7-11(13,14)15)10(21)9-4-3-8(6-19-9)12(16,17)18/h8-9,19H,2-7H2,1H3. The van der Waals surface area contributed by atoms with Crippen LogP contribution in [0.4, 0.5) is 26.3 Å². The molecule has 0 aromatic carbocycles. The quantitative estimate of drug-likeness (QED) is 0.808. The fraction of sp³-hybridized carbons (Fsp3) is 0.917. The Balaban J connectivity index is 2.61. The van der Waals surface area contributed by atoms with E-state index < -0.39 is 43.3 Å². The van der Waals surface area contributed by atoms with E-state index in [1.54, 1.807) is 6.92 Å². The van der Waals surface area contributed by atoms with E-state index in [4.69, 9.17) is 0 Å². The Hall–Kier alpha value is -0.990. The van der Waals surface area contributed by atoms with Gasteiger partial charge in [0.25, 0.3) is 0 Å². The highest BCUT2D eigenvalue weighted by Crippen LogP contribution is 2.32. The van der Waals surface area contributed by atoms with E-state index >= 15 is 0 Å². The van der Waals surface area contributed by atoms with Crippen LogP contribution >= 0.6 is 0 Å². The maximum atomic E-state index is 12.5. The smallest absolute Gasteiger partial charge is 0.332 e. The zero-order valence-corrected chi connectivity index (χ0v) is 11.5. The molecule has 3 nitrogen and oxygen atoms in total. The number of rotatable bonds is 4. The van der Waals surface area contributed by atoms with Crippen LogP contribution in [0.1, 0.15) is 26.2 Å². The van der Waals surface area contributed by atoms with Gasteiger partial charge in [-0.1, -0.05) is 6.92 Å². The van der Waals surface area contributed by atoms with Crippen molar-refractivity contribution >= 4 is 5.91 Å². The van der Waals surface area contributed by atoms with Gasteiger partial charge in [0.05, 0.1) is 12.0 Å². The van der Waals surface area contributed by atoms with Gasteiger partial charge in [-0.25, -0.2) is 0 Å². The number of hydrogen-bond donors (Lipinski definition) is 1. The van der Waals surface area contributed by atoms with Gasteiger partial charge >= 0.3 is 12.4 Å². The first kappa shape index (κ1) is 18.1. The second-order valence-electron chi connectivity index (χ2n) is 5.15. The molecule has 0 aromatic heterocycles. The molecule has 1 N–H and O–H groups in total. The number of carbonyl (C=O) groups excluding carboxylic acids is 1. The second-order valence-corrected chi connectivity index (χ2v) is 5.15. The van der Waals surface area contributed by atoms with E-state index in [0.717, 1.165) is 0 Å². The average Bonchev–Trinajstić information content (AvgIpc) is 2.35. The lowest BCUT2D eigenvalue weighted by Crippen LogP contribution is -2.54. The maximum absolute atomic E-state index is 12.5. The molecule has 1 amide bonds. The Kier molecular flexibility index (Phi) is 5.89. The van der Waals surface area contributed by atoms with Crippen molar-refractivity contribution in [1.29, 1.82) is 0 Å². The molecule has 0 aliphatic carbocycles. The SMILES string of the molecule is CCCN(CC(F)(F)F)C(=O)C1CCC(C(F)(F)F)CN1. The van der Waals surface area contributed by atoms with Gasteiger partial charge in [-0.3, -0.25) is 4.79 Å². The Morgan fingerprint density at radius 1 is 1.19 bits per heavy atom. The van der Waals surface area contributed by atoms with Crippen LogP contribution < -0.4 is 5.32 Å². The lowest BCUT2D eigenvalue weighted by molar-refractivity contribution is -0.182. The predicted octanol–water partition coefficient (Wildman–Crippen LogP) is 2.72. The molecule has 1 heterocycles. The fourth-order valence-corrected chi connectivity index (χ4v) is 2.32. The zero-order chi connectivity index (χ0) is 16.3. The number of nitrogens with zero attached hydrogens (tertiary/aromatic N) is 1. The number of piperidine rings is 1. The van der Waals surface area contributed by atoms with Crippen LogP contribution in [0.2, 0.25) is 0 Å². The summed E-state index contributed by atoms with van der Waals surface area (Å²) in [5.41, 5.74) is 0. The van der Waals surface area contributed by atoms with Crippen LogP contribution in [-0.4, -0.2) is 48.8 Å². The fourth-order valence-electron chi connectivity index (χ4n) is 2.32. The summed E-state index contributed by atoms with van der Waals surface area (Å²) in [7, 11) is 0. The van der Waals surface area contributed by atoms with Crippen molar-refractivity contribution in [3.05, 3.63) is 0 Å². The van der Waals surface area contributed by atoms with Crippen molar-refractivity contribution in [1.82, 2.24) is 10.2 Å². The first-order valence-corrected chi connectivity index (χ1v) is 6.70. The third-order valence-electron chi connectivity index (χ3n) is 3.35. The van der Waals surface area contributed by atoms with Gasteiger partial charge in [0.2, 0.25) is 5.91 Å². The maximum Gasteiger partial charge on any atom is 0.406 e. The third kappa shape index (κ3) is 5.72. The second kappa shape index (κ2) is 6.85. The van der Waals surface area contributed by atoms with E-state index in [-0.39, 0.29) is 19.4 Å². The summed E-state index contributed by atoms with van der Waals surface area (Å²) in [6.07, 6.45) is -8.89. The summed E-state index contributed by atoms with van der Waals surface area (Å²) in [5.74, 6) is -2.33. The minimum absolute atomic E-state index is 0.0702. The minimum Gasteiger partial charge on any atom is -0.332 e. The van der Waals surface area contributed by atoms with Gasteiger partial charge < -0.3 is 10.2 Å². The molecule has 1 saturated heterocycles. The van der Waals surface area contributed by atoms with Gasteiger partial charge in [-0.05, 0) is 19.3 Å². The molecule has 2 unspecified atom stereocenters. The van der Waals surface area contributed by atoms with Crippen LogP contribution in [0.25, 0.3) is 0 Å². The third-order valence-corrected chi connectivity index (χ3v) is 3.35. The van der Waals surface area contributed by atoms with Crippen molar-refractivity contribution in [2.45, 2.75) is 44.6 Å². The van der Waals surface area contributed by atoms with Crippen LogP contribution in [-0.2, 0) is 4.79 Å². The van der Waals surface area contributed by atoms with Crippen molar-refractivity contribution in [3.8, 4) is 0 Å². The first-order chi connectivity index (χ1) is 9.54. The molecule has 21 heavy (non-hydrogen) atoms. The van der Waals surface area contributed by atoms with Gasteiger partial charge in [0.1, 0.15) is 6.54 Å². The Morgan fingerprint density at radius 3 is 2.19 bits per heavy atom. The molecular formula is C12H18F6N2O. The van der Waals surface area contributed by atoms with Gasteiger partial charge in [-0.2, -0.15) is 26.3 Å². The summed E-state index contributed by atoms with van der Waals surface area (Å²) in [6, 6.07) is -0.975. The Morgan fingerprint density at radius 2 is 1.81 bits per heavy atom. The number of nitrogens with one attached hydrogen (secondary N) is 1. The normalized spacial score (nSPS) is 24.0. The van der Waals surface area contributed by atoms with Crippen molar-refractivity contribution in [3.63, 3.8) is 0 Å². The number of carbonyl (C=O) groups is 1. The molecule has 1 aliphatic rings. The Bertz CT molecular complexity index is 347. The van der Waals surface area contributed by atoms with Crippen LogP contribution in [0, 0.1) is 5.92 Å². The summed E-state index contributed by atoms with van der Waals surface area (Å²) >= 11 is 0. The molecule has 1 aliphatic heterocycles. The summed E-state index contributed by atoms with van der Waals surface area (Å²) in [6.45, 7) is -0.254. The first-order valence-electron chi connectivity index (χ1n) is 6.70. The molecule has 2 atom stereocenters. The summed E-state index contributed by atoms with van der Waals surface area (Å²) in [5, 5.41) is 2.42. The number of alkyl halides is 6. The average molecular weight is 320 g/mol. The number of hydrogen-bond acceptors (Lipinski definition) is 2. The highest BCUT2D eigenvalue weighted by molar-refractivity contribution is 5.82. The monoisotopic (exact) mass is 320 g/mol. The number of amides is 1. The molecule has 0 saturated carbocycles. The summed E-state index contributed by atoms with van der Waals surface area (Å²) in [4.78, 5) is 12.7. The molecule has 0 radical (unpaired) electrons. The molecule has 9 heteroatoms. The molecule has 124 valence electrons. The molecule has 0 aromatic rings. The Labute approximate surface area is 118 Å². The van der Waals surface area contributed by atoms with Crippen molar-refractivity contribution < 1.29 is 31.1 Å². The molecule has 0 bridgehead atoms. The van der Waals surface area contributed by atoms with Gasteiger partial charge in [0, 0.05) is 13.1 Å². The lowest BCUT2D eigenvalue weighted by atomic mass is 9.93. The molecule has 1 fully saturated rings. The highest BCUT2D eigenvalue weighted by Gasteiger charge is 2.43. The van der Waals surface area contributed by atoms with Crippen LogP contribution in [0.3, 0.4) is 0 Å². The largest absolute Gasteiger partial charge is 0.406 e. The van der Waals surface area contributed by atoms with E-state index in [1.165, 1.54) is 0 Å². The topological polar surface area (TPSA) is 32.3 Å². The molecular weight excluding hydrogens is 302 g/mol. The zero-order valence-electron chi connectivity index (χ0n) is 11.5. The lowest BCUT2D eigenvalue weighted by Gasteiger charge is -2.34. The van der Waals surface area contributed by atoms with Gasteiger partial charge in [-0.15, -0.1) is 0 Å². The van der Waals surface area contributed by atoms with Crippen LogP contribution in [0.5, 0.6) is 0 Å².